The molecular weight excluding hydrogens is 340 g/mol. The van der Waals surface area contributed by atoms with Gasteiger partial charge < -0.3 is 5.73 Å². The molecule has 0 saturated heterocycles. The minimum absolute atomic E-state index is 0.155. The molecule has 0 radical (unpaired) electrons. The summed E-state index contributed by atoms with van der Waals surface area (Å²) in [6.45, 7) is 0. The molecule has 0 spiro atoms. The molecule has 2 amide bonds. The van der Waals surface area contributed by atoms with Crippen LogP contribution in [0.5, 0.6) is 0 Å². The van der Waals surface area contributed by atoms with E-state index in [1.807, 2.05) is 0 Å². The number of hydrogen-bond acceptors (Lipinski definition) is 5. The largest absolute Gasteiger partial charge is 0.472 e. The highest BCUT2D eigenvalue weighted by molar-refractivity contribution is 6.19. The molecule has 2 N–H and O–H groups in total. The predicted molar refractivity (Wildman–Crippen MR) is 62.1 cm³/mol. The summed E-state index contributed by atoms with van der Waals surface area (Å²) >= 11 is 0. The average Bonchev–Trinajstić information content (AvgIpc) is 2.38. The van der Waals surface area contributed by atoms with E-state index in [1.54, 1.807) is 0 Å². The van der Waals surface area contributed by atoms with Gasteiger partial charge >= 0.3 is 24.2 Å². The number of anilines is 2. The highest BCUT2D eigenvalue weighted by atomic mass is 19.4. The molecule has 13 heteroatoms. The van der Waals surface area contributed by atoms with E-state index < -0.39 is 51.1 Å². The number of carbonyl (C=O) groups is 2. The zero-order chi connectivity index (χ0) is 18.2. The molecule has 0 aliphatic carbocycles. The van der Waals surface area contributed by atoms with Crippen LogP contribution in [0.15, 0.2) is 18.2 Å². The van der Waals surface area contributed by atoms with Crippen molar-refractivity contribution in [1.82, 2.24) is 0 Å². The van der Waals surface area contributed by atoms with Crippen LogP contribution in [0.3, 0.4) is 0 Å². The normalized spacial score (nSPS) is 11.9. The Morgan fingerprint density at radius 3 is 1.83 bits per heavy atom. The molecule has 0 saturated carbocycles. The number of nitrogens with two attached hydrogens (primary N) is 1. The van der Waals surface area contributed by atoms with Crippen molar-refractivity contribution in [3.05, 3.63) is 28.3 Å². The standard InChI is InChI=1S/C10H5F6N3O4/c11-9(12,13)7(20)18(8(21)10(14,15)16)6-3-4(19(22)23)1-2-5(6)17/h1-3H,17H2. The Labute approximate surface area is 122 Å². The number of nitro benzene ring substituents is 1. The van der Waals surface area contributed by atoms with Crippen LogP contribution in [0.1, 0.15) is 0 Å². The minimum atomic E-state index is -5.85. The third kappa shape index (κ3) is 3.87. The summed E-state index contributed by atoms with van der Waals surface area (Å²) < 4.78 is 74.6. The Hall–Kier alpha value is -2.86. The number of non-ortho nitro benzene ring substituents is 1. The van der Waals surface area contributed by atoms with Crippen molar-refractivity contribution in [3.8, 4) is 0 Å². The molecule has 0 fully saturated rings. The summed E-state index contributed by atoms with van der Waals surface area (Å²) in [7, 11) is 0. The van der Waals surface area contributed by atoms with Gasteiger partial charge in [0.25, 0.3) is 5.69 Å². The fraction of sp³-hybridized carbons (Fsp3) is 0.200. The second kappa shape index (κ2) is 5.73. The SMILES string of the molecule is Nc1ccc([N+](=O)[O-])cc1N(C(=O)C(F)(F)F)C(=O)C(F)(F)F. The quantitative estimate of drug-likeness (QED) is 0.383. The third-order valence-electron chi connectivity index (χ3n) is 2.36. The fourth-order valence-electron chi connectivity index (χ4n) is 1.40. The van der Waals surface area contributed by atoms with E-state index in [1.165, 1.54) is 0 Å². The van der Waals surface area contributed by atoms with E-state index in [2.05, 4.69) is 0 Å². The Kier molecular flexibility index (Phi) is 4.54. The van der Waals surface area contributed by atoms with E-state index in [0.29, 0.717) is 12.1 Å². The zero-order valence-corrected chi connectivity index (χ0v) is 10.6. The number of nitro groups is 1. The summed E-state index contributed by atoms with van der Waals surface area (Å²) in [5.74, 6) is -6.38. The molecule has 7 nitrogen and oxygen atoms in total. The van der Waals surface area contributed by atoms with Gasteiger partial charge in [0.15, 0.2) is 0 Å². The van der Waals surface area contributed by atoms with Crippen LogP contribution < -0.4 is 10.6 Å². The molecule has 1 rings (SSSR count). The summed E-state index contributed by atoms with van der Waals surface area (Å²) in [6, 6.07) is 1.42. The number of amides is 2. The molecule has 0 unspecified atom stereocenters. The van der Waals surface area contributed by atoms with E-state index in [0.717, 1.165) is 0 Å². The van der Waals surface area contributed by atoms with Crippen LogP contribution in [-0.4, -0.2) is 29.1 Å². The number of nitrogen functional groups attached to an aromatic ring is 1. The van der Waals surface area contributed by atoms with Crippen LogP contribution in [-0.2, 0) is 9.59 Å². The lowest BCUT2D eigenvalue weighted by Crippen LogP contribution is -2.50. The minimum Gasteiger partial charge on any atom is -0.397 e. The van der Waals surface area contributed by atoms with Crippen LogP contribution in [0.4, 0.5) is 43.4 Å². The van der Waals surface area contributed by atoms with Gasteiger partial charge in [0.1, 0.15) is 0 Å². The second-order valence-electron chi connectivity index (χ2n) is 3.94. The van der Waals surface area contributed by atoms with Gasteiger partial charge in [-0.1, -0.05) is 0 Å². The van der Waals surface area contributed by atoms with Crippen LogP contribution >= 0.6 is 0 Å². The average molecular weight is 345 g/mol. The maximum Gasteiger partial charge on any atom is 0.472 e. The fourth-order valence-corrected chi connectivity index (χ4v) is 1.40. The van der Waals surface area contributed by atoms with E-state index in [-0.39, 0.29) is 6.07 Å². The number of alkyl halides is 6. The number of hydrogen-bond donors (Lipinski definition) is 1. The smallest absolute Gasteiger partial charge is 0.397 e. The molecule has 0 heterocycles. The molecule has 126 valence electrons. The van der Waals surface area contributed by atoms with E-state index >= 15 is 0 Å². The Bertz CT molecular complexity index is 644. The number of benzene rings is 1. The van der Waals surface area contributed by atoms with Crippen LogP contribution in [0.2, 0.25) is 0 Å². The van der Waals surface area contributed by atoms with Crippen molar-refractivity contribution in [3.63, 3.8) is 0 Å². The summed E-state index contributed by atoms with van der Waals surface area (Å²) in [5, 5.41) is 10.6. The van der Waals surface area contributed by atoms with Gasteiger partial charge in [-0.05, 0) is 6.07 Å². The Morgan fingerprint density at radius 2 is 1.48 bits per heavy atom. The van der Waals surface area contributed by atoms with Gasteiger partial charge in [-0.2, -0.15) is 26.3 Å². The third-order valence-corrected chi connectivity index (χ3v) is 2.36. The lowest BCUT2D eigenvalue weighted by Gasteiger charge is -2.23. The Morgan fingerprint density at radius 1 is 1.04 bits per heavy atom. The second-order valence-corrected chi connectivity index (χ2v) is 3.94. The zero-order valence-electron chi connectivity index (χ0n) is 10.6. The van der Waals surface area contributed by atoms with Gasteiger partial charge in [-0.25, -0.2) is 4.90 Å². The molecular formula is C10H5F6N3O4. The van der Waals surface area contributed by atoms with Gasteiger partial charge in [0.2, 0.25) is 0 Å². The van der Waals surface area contributed by atoms with E-state index in [4.69, 9.17) is 5.73 Å². The van der Waals surface area contributed by atoms with E-state index in [9.17, 15) is 46.0 Å². The maximum atomic E-state index is 12.4. The van der Waals surface area contributed by atoms with Crippen molar-refractivity contribution in [2.24, 2.45) is 0 Å². The molecule has 1 aromatic rings. The Balaban J connectivity index is 3.59. The van der Waals surface area contributed by atoms with Gasteiger partial charge in [0.05, 0.1) is 16.3 Å². The highest BCUT2D eigenvalue weighted by Gasteiger charge is 2.53. The van der Waals surface area contributed by atoms with Crippen molar-refractivity contribution in [1.29, 1.82) is 0 Å². The molecule has 0 atom stereocenters. The molecule has 0 aliphatic rings. The van der Waals surface area contributed by atoms with Gasteiger partial charge in [0, 0.05) is 12.1 Å². The van der Waals surface area contributed by atoms with Gasteiger partial charge in [-0.15, -0.1) is 0 Å². The van der Waals surface area contributed by atoms with Gasteiger partial charge in [-0.3, -0.25) is 19.7 Å². The first-order chi connectivity index (χ1) is 10.3. The lowest BCUT2D eigenvalue weighted by atomic mass is 10.2. The number of carbonyl (C=O) groups excluding carboxylic acids is 2. The summed E-state index contributed by atoms with van der Waals surface area (Å²) in [6.07, 6.45) is -11.7. The van der Waals surface area contributed by atoms with Crippen molar-refractivity contribution >= 4 is 28.9 Å². The molecule has 0 aromatic heterocycles. The topological polar surface area (TPSA) is 107 Å². The summed E-state index contributed by atoms with van der Waals surface area (Å²) in [5.41, 5.74) is 1.91. The summed E-state index contributed by atoms with van der Waals surface area (Å²) in [4.78, 5) is 30.4. The van der Waals surface area contributed by atoms with Crippen molar-refractivity contribution in [2.75, 3.05) is 10.6 Å². The van der Waals surface area contributed by atoms with Crippen LogP contribution in [0.25, 0.3) is 0 Å². The molecule has 0 bridgehead atoms. The number of imide groups is 1. The van der Waals surface area contributed by atoms with Crippen molar-refractivity contribution < 1.29 is 40.9 Å². The first-order valence-corrected chi connectivity index (χ1v) is 5.33. The predicted octanol–water partition coefficient (Wildman–Crippen LogP) is 2.16. The molecule has 0 aliphatic heterocycles. The van der Waals surface area contributed by atoms with Crippen LogP contribution in [0, 0.1) is 10.1 Å². The first-order valence-electron chi connectivity index (χ1n) is 5.33. The monoisotopic (exact) mass is 345 g/mol. The highest BCUT2D eigenvalue weighted by Crippen LogP contribution is 2.34. The number of halogens is 6. The number of rotatable bonds is 2. The lowest BCUT2D eigenvalue weighted by molar-refractivity contribution is -0.384. The van der Waals surface area contributed by atoms with Crippen molar-refractivity contribution in [2.45, 2.75) is 12.4 Å². The maximum absolute atomic E-state index is 12.4. The molecule has 1 aromatic carbocycles. The number of nitrogens with zero attached hydrogens (tertiary/aromatic N) is 2. The first kappa shape index (κ1) is 18.2. The molecule has 23 heavy (non-hydrogen) atoms.